The van der Waals surface area contributed by atoms with E-state index < -0.39 is 0 Å². The molecule has 1 N–H and O–H groups in total. The summed E-state index contributed by atoms with van der Waals surface area (Å²) in [5, 5.41) is 11.9. The van der Waals surface area contributed by atoms with Gasteiger partial charge in [0, 0.05) is 31.6 Å². The molecule has 3 rings (SSSR count). The van der Waals surface area contributed by atoms with Crippen molar-refractivity contribution in [1.82, 2.24) is 19.9 Å². The van der Waals surface area contributed by atoms with Crippen molar-refractivity contribution in [3.05, 3.63) is 54.4 Å². The molecule has 21 heavy (non-hydrogen) atoms. The number of hydrogen-bond donors (Lipinski definition) is 1. The molecule has 5 heteroatoms. The number of aryl methyl sites for hydroxylation is 1. The molecule has 1 unspecified atom stereocenters. The Morgan fingerprint density at radius 2 is 2.14 bits per heavy atom. The predicted octanol–water partition coefficient (Wildman–Crippen LogP) is 2.48. The monoisotopic (exact) mass is 284 g/mol. The van der Waals surface area contributed by atoms with Crippen LogP contribution in [0.3, 0.4) is 0 Å². The van der Waals surface area contributed by atoms with Crippen LogP contribution < -0.4 is 5.32 Å². The zero-order valence-corrected chi connectivity index (χ0v) is 12.2. The Balaban J connectivity index is 1.45. The van der Waals surface area contributed by atoms with Gasteiger partial charge in [0.2, 0.25) is 0 Å². The largest absolute Gasteiger partial charge is 0.469 e. The van der Waals surface area contributed by atoms with Crippen molar-refractivity contribution < 1.29 is 4.42 Å². The van der Waals surface area contributed by atoms with Gasteiger partial charge in [0.15, 0.2) is 5.65 Å². The third-order valence-corrected chi connectivity index (χ3v) is 3.63. The van der Waals surface area contributed by atoms with Gasteiger partial charge in [0.25, 0.3) is 0 Å². The molecule has 0 spiro atoms. The van der Waals surface area contributed by atoms with Gasteiger partial charge in [-0.3, -0.25) is 4.40 Å². The van der Waals surface area contributed by atoms with Crippen molar-refractivity contribution in [2.24, 2.45) is 0 Å². The lowest BCUT2D eigenvalue weighted by Gasteiger charge is -2.12. The second kappa shape index (κ2) is 6.54. The molecule has 0 aliphatic rings. The van der Waals surface area contributed by atoms with Crippen molar-refractivity contribution in [3.63, 3.8) is 0 Å². The highest BCUT2D eigenvalue weighted by atomic mass is 16.3. The van der Waals surface area contributed by atoms with Gasteiger partial charge in [-0.05, 0) is 37.6 Å². The Morgan fingerprint density at radius 3 is 3.00 bits per heavy atom. The predicted molar refractivity (Wildman–Crippen MR) is 81.2 cm³/mol. The van der Waals surface area contributed by atoms with Gasteiger partial charge >= 0.3 is 0 Å². The molecule has 3 aromatic rings. The molecule has 110 valence electrons. The standard InChI is InChI=1S/C16H20N4O/c1-13(7-8-14-5-4-12-21-14)17-10-9-16-19-18-15-6-2-3-11-20(15)16/h2-6,11-13,17H,7-10H2,1H3. The summed E-state index contributed by atoms with van der Waals surface area (Å²) in [6.45, 7) is 3.10. The van der Waals surface area contributed by atoms with E-state index in [1.54, 1.807) is 6.26 Å². The number of hydrogen-bond acceptors (Lipinski definition) is 4. The molecule has 0 radical (unpaired) electrons. The highest BCUT2D eigenvalue weighted by Crippen LogP contribution is 2.06. The first-order valence-electron chi connectivity index (χ1n) is 7.37. The summed E-state index contributed by atoms with van der Waals surface area (Å²) in [7, 11) is 0. The van der Waals surface area contributed by atoms with Gasteiger partial charge in [0.05, 0.1) is 6.26 Å². The Labute approximate surface area is 124 Å². The average Bonchev–Trinajstić information content (AvgIpc) is 3.15. The molecule has 0 saturated carbocycles. The summed E-state index contributed by atoms with van der Waals surface area (Å²) < 4.78 is 7.38. The highest BCUT2D eigenvalue weighted by Gasteiger charge is 2.06. The molecule has 5 nitrogen and oxygen atoms in total. The fraction of sp³-hybridized carbons (Fsp3) is 0.375. The Hall–Kier alpha value is -2.14. The summed E-state index contributed by atoms with van der Waals surface area (Å²) in [6, 6.07) is 10.4. The van der Waals surface area contributed by atoms with E-state index in [-0.39, 0.29) is 0 Å². The average molecular weight is 284 g/mol. The Kier molecular flexibility index (Phi) is 4.31. The van der Waals surface area contributed by atoms with E-state index in [0.29, 0.717) is 6.04 Å². The quantitative estimate of drug-likeness (QED) is 0.724. The van der Waals surface area contributed by atoms with E-state index >= 15 is 0 Å². The fourth-order valence-corrected chi connectivity index (χ4v) is 2.41. The molecule has 0 saturated heterocycles. The molecule has 3 aromatic heterocycles. The lowest BCUT2D eigenvalue weighted by molar-refractivity contribution is 0.460. The number of furan rings is 1. The zero-order valence-electron chi connectivity index (χ0n) is 12.2. The van der Waals surface area contributed by atoms with Crippen molar-refractivity contribution in [3.8, 4) is 0 Å². The maximum Gasteiger partial charge on any atom is 0.160 e. The van der Waals surface area contributed by atoms with Crippen LogP contribution in [0, 0.1) is 0 Å². The van der Waals surface area contributed by atoms with Gasteiger partial charge in [-0.2, -0.15) is 0 Å². The van der Waals surface area contributed by atoms with Crippen LogP contribution in [-0.4, -0.2) is 27.2 Å². The van der Waals surface area contributed by atoms with Crippen LogP contribution in [0.4, 0.5) is 0 Å². The maximum absolute atomic E-state index is 5.35. The smallest absolute Gasteiger partial charge is 0.160 e. The molecule has 1 atom stereocenters. The fourth-order valence-electron chi connectivity index (χ4n) is 2.41. The summed E-state index contributed by atoms with van der Waals surface area (Å²) in [4.78, 5) is 0. The van der Waals surface area contributed by atoms with Crippen molar-refractivity contribution in [1.29, 1.82) is 0 Å². The topological polar surface area (TPSA) is 55.4 Å². The number of fused-ring (bicyclic) bond motifs is 1. The Morgan fingerprint density at radius 1 is 1.19 bits per heavy atom. The van der Waals surface area contributed by atoms with Crippen LogP contribution in [0.1, 0.15) is 24.9 Å². The normalized spacial score (nSPS) is 12.8. The number of rotatable bonds is 7. The molecule has 0 aliphatic carbocycles. The first-order chi connectivity index (χ1) is 10.3. The Bertz CT molecular complexity index is 674. The maximum atomic E-state index is 5.35. The first kappa shape index (κ1) is 13.8. The van der Waals surface area contributed by atoms with Crippen LogP contribution in [0.25, 0.3) is 5.65 Å². The molecule has 0 aromatic carbocycles. The molecular weight excluding hydrogens is 264 g/mol. The van der Waals surface area contributed by atoms with Gasteiger partial charge < -0.3 is 9.73 Å². The minimum atomic E-state index is 0.453. The third kappa shape index (κ3) is 3.49. The molecular formula is C16H20N4O. The van der Waals surface area contributed by atoms with Crippen molar-refractivity contribution in [2.45, 2.75) is 32.2 Å². The zero-order chi connectivity index (χ0) is 14.5. The van der Waals surface area contributed by atoms with E-state index in [1.807, 2.05) is 40.9 Å². The molecule has 0 aliphatic heterocycles. The molecule has 0 amide bonds. The summed E-state index contributed by atoms with van der Waals surface area (Å²) in [5.74, 6) is 2.04. The second-order valence-electron chi connectivity index (χ2n) is 5.27. The van der Waals surface area contributed by atoms with Crippen molar-refractivity contribution in [2.75, 3.05) is 6.54 Å². The second-order valence-corrected chi connectivity index (χ2v) is 5.27. The minimum Gasteiger partial charge on any atom is -0.469 e. The third-order valence-electron chi connectivity index (χ3n) is 3.63. The van der Waals surface area contributed by atoms with E-state index in [2.05, 4.69) is 22.4 Å². The molecule has 3 heterocycles. The summed E-state index contributed by atoms with van der Waals surface area (Å²) >= 11 is 0. The number of nitrogens with zero attached hydrogens (tertiary/aromatic N) is 3. The van der Waals surface area contributed by atoms with E-state index in [4.69, 9.17) is 4.42 Å². The van der Waals surface area contributed by atoms with Gasteiger partial charge in [-0.1, -0.05) is 6.07 Å². The summed E-state index contributed by atoms with van der Waals surface area (Å²) in [6.07, 6.45) is 6.63. The lowest BCUT2D eigenvalue weighted by atomic mass is 10.1. The first-order valence-corrected chi connectivity index (χ1v) is 7.37. The van der Waals surface area contributed by atoms with Crippen LogP contribution in [-0.2, 0) is 12.8 Å². The van der Waals surface area contributed by atoms with Crippen LogP contribution in [0.2, 0.25) is 0 Å². The SMILES string of the molecule is CC(CCc1ccco1)NCCc1nnc2ccccn12. The van der Waals surface area contributed by atoms with Gasteiger partial charge in [-0.25, -0.2) is 0 Å². The number of nitrogens with one attached hydrogen (secondary N) is 1. The van der Waals surface area contributed by atoms with Gasteiger partial charge in [0.1, 0.15) is 11.6 Å². The summed E-state index contributed by atoms with van der Waals surface area (Å²) in [5.41, 5.74) is 0.901. The minimum absolute atomic E-state index is 0.453. The van der Waals surface area contributed by atoms with E-state index in [1.165, 1.54) is 0 Å². The highest BCUT2D eigenvalue weighted by molar-refractivity contribution is 5.36. The molecule has 0 fully saturated rings. The van der Waals surface area contributed by atoms with Crippen LogP contribution in [0.15, 0.2) is 47.2 Å². The number of aromatic nitrogens is 3. The van der Waals surface area contributed by atoms with Gasteiger partial charge in [-0.15, -0.1) is 10.2 Å². The van der Waals surface area contributed by atoms with Crippen LogP contribution in [0.5, 0.6) is 0 Å². The number of pyridine rings is 1. The van der Waals surface area contributed by atoms with Crippen LogP contribution >= 0.6 is 0 Å². The lowest BCUT2D eigenvalue weighted by Crippen LogP contribution is -2.28. The van der Waals surface area contributed by atoms with E-state index in [9.17, 15) is 0 Å². The van der Waals surface area contributed by atoms with Crippen molar-refractivity contribution >= 4 is 5.65 Å². The van der Waals surface area contributed by atoms with E-state index in [0.717, 1.165) is 43.0 Å². The molecule has 0 bridgehead atoms.